The molecule has 2 rings (SSSR count). The van der Waals surface area contributed by atoms with Crippen molar-refractivity contribution in [2.24, 2.45) is 0 Å². The standard InChI is InChI=1S/C12H12BrClFN3O/c1-17(2)12(19)6-18-10-3-7(13)8(15)4-9(10)16-11(18)5-14/h3-4H,5-6H2,1-2H3. The monoisotopic (exact) mass is 347 g/mol. The van der Waals surface area contributed by atoms with Gasteiger partial charge in [-0.05, 0) is 22.0 Å². The van der Waals surface area contributed by atoms with Crippen LogP contribution in [0.3, 0.4) is 0 Å². The molecule has 1 aromatic heterocycles. The summed E-state index contributed by atoms with van der Waals surface area (Å²) in [5.74, 6) is 0.238. The van der Waals surface area contributed by atoms with Crippen molar-refractivity contribution in [2.45, 2.75) is 12.4 Å². The number of imidazole rings is 1. The number of carbonyl (C=O) groups is 1. The molecule has 0 fully saturated rings. The molecular weight excluding hydrogens is 337 g/mol. The minimum absolute atomic E-state index is 0.0777. The van der Waals surface area contributed by atoms with E-state index in [1.54, 1.807) is 24.7 Å². The first-order valence-electron chi connectivity index (χ1n) is 5.54. The van der Waals surface area contributed by atoms with Crippen LogP contribution < -0.4 is 0 Å². The van der Waals surface area contributed by atoms with Gasteiger partial charge in [0.1, 0.15) is 18.2 Å². The predicted molar refractivity (Wildman–Crippen MR) is 75.6 cm³/mol. The Hall–Kier alpha value is -1.14. The second kappa shape index (κ2) is 5.46. The topological polar surface area (TPSA) is 38.1 Å². The van der Waals surface area contributed by atoms with E-state index in [1.807, 2.05) is 0 Å². The number of hydrogen-bond acceptors (Lipinski definition) is 2. The molecule has 0 aliphatic carbocycles. The van der Waals surface area contributed by atoms with Crippen LogP contribution in [0, 0.1) is 5.82 Å². The molecule has 102 valence electrons. The highest BCUT2D eigenvalue weighted by atomic mass is 79.9. The van der Waals surface area contributed by atoms with Gasteiger partial charge >= 0.3 is 0 Å². The van der Waals surface area contributed by atoms with Gasteiger partial charge in [-0.1, -0.05) is 0 Å². The number of likely N-dealkylation sites (N-methyl/N-ethyl adjacent to an activating group) is 1. The highest BCUT2D eigenvalue weighted by Crippen LogP contribution is 2.25. The van der Waals surface area contributed by atoms with E-state index < -0.39 is 5.82 Å². The van der Waals surface area contributed by atoms with Gasteiger partial charge in [0.15, 0.2) is 0 Å². The number of benzene rings is 1. The predicted octanol–water partition coefficient (Wildman–Crippen LogP) is 2.76. The number of fused-ring (bicyclic) bond motifs is 1. The van der Waals surface area contributed by atoms with E-state index in [0.29, 0.717) is 21.3 Å². The Morgan fingerprint density at radius 3 is 2.79 bits per heavy atom. The molecule has 2 aromatic rings. The third-order valence-corrected chi connectivity index (χ3v) is 3.63. The Kier molecular flexibility index (Phi) is 4.10. The maximum Gasteiger partial charge on any atom is 0.242 e. The molecule has 0 aliphatic heterocycles. The van der Waals surface area contributed by atoms with Gasteiger partial charge in [-0.2, -0.15) is 0 Å². The molecule has 1 heterocycles. The third kappa shape index (κ3) is 2.74. The summed E-state index contributed by atoms with van der Waals surface area (Å²) in [5.41, 5.74) is 1.17. The van der Waals surface area contributed by atoms with Crippen LogP contribution in [0.15, 0.2) is 16.6 Å². The Morgan fingerprint density at radius 1 is 1.53 bits per heavy atom. The third-order valence-electron chi connectivity index (χ3n) is 2.78. The molecule has 19 heavy (non-hydrogen) atoms. The molecule has 0 aliphatic rings. The molecule has 0 radical (unpaired) electrons. The number of halogens is 3. The van der Waals surface area contributed by atoms with Gasteiger partial charge in [-0.25, -0.2) is 9.37 Å². The van der Waals surface area contributed by atoms with E-state index >= 15 is 0 Å². The molecule has 0 saturated carbocycles. The average Bonchev–Trinajstić information content (AvgIpc) is 2.67. The summed E-state index contributed by atoms with van der Waals surface area (Å²) in [7, 11) is 3.36. The van der Waals surface area contributed by atoms with Crippen LogP contribution >= 0.6 is 27.5 Å². The van der Waals surface area contributed by atoms with Crippen molar-refractivity contribution in [3.05, 3.63) is 28.2 Å². The maximum absolute atomic E-state index is 13.5. The molecule has 0 bridgehead atoms. The van der Waals surface area contributed by atoms with E-state index in [-0.39, 0.29) is 18.3 Å². The molecule has 0 unspecified atom stereocenters. The fraction of sp³-hybridized carbons (Fsp3) is 0.333. The van der Waals surface area contributed by atoms with Gasteiger partial charge < -0.3 is 9.47 Å². The summed E-state index contributed by atoms with van der Waals surface area (Å²) in [5, 5.41) is 0. The number of amides is 1. The molecule has 0 saturated heterocycles. The Labute approximate surface area is 123 Å². The molecule has 4 nitrogen and oxygen atoms in total. The zero-order valence-corrected chi connectivity index (χ0v) is 12.8. The molecule has 0 spiro atoms. The molecule has 0 atom stereocenters. The van der Waals surface area contributed by atoms with Crippen molar-refractivity contribution in [3.63, 3.8) is 0 Å². The summed E-state index contributed by atoms with van der Waals surface area (Å²) in [6, 6.07) is 2.93. The SMILES string of the molecule is CN(C)C(=O)Cn1c(CCl)nc2cc(F)c(Br)cc21. The second-order valence-electron chi connectivity index (χ2n) is 4.29. The summed E-state index contributed by atoms with van der Waals surface area (Å²) < 4.78 is 15.5. The Bertz CT molecular complexity index is 641. The van der Waals surface area contributed by atoms with Crippen LogP contribution in [-0.4, -0.2) is 34.5 Å². The quantitative estimate of drug-likeness (QED) is 0.800. The van der Waals surface area contributed by atoms with E-state index in [2.05, 4.69) is 20.9 Å². The Balaban J connectivity index is 2.57. The summed E-state index contributed by atoms with van der Waals surface area (Å²) >= 11 is 8.96. The van der Waals surface area contributed by atoms with Crippen molar-refractivity contribution in [3.8, 4) is 0 Å². The van der Waals surface area contributed by atoms with Crippen LogP contribution in [0.4, 0.5) is 4.39 Å². The smallest absolute Gasteiger partial charge is 0.242 e. The van der Waals surface area contributed by atoms with E-state index in [0.717, 1.165) is 0 Å². The first-order chi connectivity index (χ1) is 8.93. The fourth-order valence-electron chi connectivity index (χ4n) is 1.73. The van der Waals surface area contributed by atoms with Crippen molar-refractivity contribution < 1.29 is 9.18 Å². The van der Waals surface area contributed by atoms with Gasteiger partial charge in [-0.15, -0.1) is 11.6 Å². The molecule has 1 amide bonds. The van der Waals surface area contributed by atoms with Crippen LogP contribution in [0.5, 0.6) is 0 Å². The Morgan fingerprint density at radius 2 is 2.21 bits per heavy atom. The summed E-state index contributed by atoms with van der Waals surface area (Å²) in [4.78, 5) is 17.6. The van der Waals surface area contributed by atoms with Crippen LogP contribution in [-0.2, 0) is 17.2 Å². The minimum Gasteiger partial charge on any atom is -0.347 e. The number of carbonyl (C=O) groups excluding carboxylic acids is 1. The zero-order valence-electron chi connectivity index (χ0n) is 10.5. The number of alkyl halides is 1. The molecular formula is C12H12BrClFN3O. The van der Waals surface area contributed by atoms with E-state index in [1.165, 1.54) is 11.0 Å². The van der Waals surface area contributed by atoms with Crippen molar-refractivity contribution in [1.29, 1.82) is 0 Å². The fourth-order valence-corrected chi connectivity index (χ4v) is 2.26. The number of hydrogen-bond donors (Lipinski definition) is 0. The largest absolute Gasteiger partial charge is 0.347 e. The van der Waals surface area contributed by atoms with Crippen LogP contribution in [0.25, 0.3) is 11.0 Å². The summed E-state index contributed by atoms with van der Waals surface area (Å²) in [6.07, 6.45) is 0. The molecule has 0 N–H and O–H groups in total. The van der Waals surface area contributed by atoms with Gasteiger partial charge in [0.05, 0.1) is 21.4 Å². The summed E-state index contributed by atoms with van der Waals surface area (Å²) in [6.45, 7) is 0.129. The lowest BCUT2D eigenvalue weighted by molar-refractivity contribution is -0.129. The van der Waals surface area contributed by atoms with Gasteiger partial charge in [0, 0.05) is 20.2 Å². The van der Waals surface area contributed by atoms with Gasteiger partial charge in [0.25, 0.3) is 0 Å². The minimum atomic E-state index is -0.391. The van der Waals surface area contributed by atoms with E-state index in [9.17, 15) is 9.18 Å². The van der Waals surface area contributed by atoms with Gasteiger partial charge in [-0.3, -0.25) is 4.79 Å². The number of aromatic nitrogens is 2. The lowest BCUT2D eigenvalue weighted by Crippen LogP contribution is -2.26. The molecule has 7 heteroatoms. The molecule has 1 aromatic carbocycles. The van der Waals surface area contributed by atoms with Crippen molar-refractivity contribution in [1.82, 2.24) is 14.5 Å². The zero-order chi connectivity index (χ0) is 14.2. The maximum atomic E-state index is 13.5. The average molecular weight is 349 g/mol. The van der Waals surface area contributed by atoms with Crippen molar-refractivity contribution in [2.75, 3.05) is 14.1 Å². The first kappa shape index (κ1) is 14.3. The first-order valence-corrected chi connectivity index (χ1v) is 6.87. The number of nitrogens with zero attached hydrogens (tertiary/aromatic N) is 3. The number of rotatable bonds is 3. The van der Waals surface area contributed by atoms with Crippen molar-refractivity contribution >= 4 is 44.5 Å². The lowest BCUT2D eigenvalue weighted by Gasteiger charge is -2.12. The normalized spacial score (nSPS) is 11.0. The second-order valence-corrected chi connectivity index (χ2v) is 5.41. The van der Waals surface area contributed by atoms with E-state index in [4.69, 9.17) is 11.6 Å². The highest BCUT2D eigenvalue weighted by Gasteiger charge is 2.16. The van der Waals surface area contributed by atoms with Crippen LogP contribution in [0.1, 0.15) is 5.82 Å². The lowest BCUT2D eigenvalue weighted by atomic mass is 10.3. The van der Waals surface area contributed by atoms with Gasteiger partial charge in [0.2, 0.25) is 5.91 Å². The highest BCUT2D eigenvalue weighted by molar-refractivity contribution is 9.10. The van der Waals surface area contributed by atoms with Crippen LogP contribution in [0.2, 0.25) is 0 Å².